The Hall–Kier alpha value is -1.96. The van der Waals surface area contributed by atoms with Crippen LogP contribution in [-0.4, -0.2) is 30.6 Å². The summed E-state index contributed by atoms with van der Waals surface area (Å²) in [6.45, 7) is 9.72. The summed E-state index contributed by atoms with van der Waals surface area (Å²) in [7, 11) is 0. The van der Waals surface area contributed by atoms with Gasteiger partial charge >= 0.3 is 0 Å². The fourth-order valence-corrected chi connectivity index (χ4v) is 4.40. The van der Waals surface area contributed by atoms with E-state index in [4.69, 9.17) is 0 Å². The molecule has 124 valence electrons. The number of hydrogen-bond donors (Lipinski definition) is 0. The molecular formula is C20H23N3S. The molecule has 1 aliphatic heterocycles. The number of para-hydroxylation sites is 1. The Morgan fingerprint density at radius 1 is 1.08 bits per heavy atom. The second-order valence-electron chi connectivity index (χ2n) is 6.04. The van der Waals surface area contributed by atoms with Crippen molar-refractivity contribution in [2.45, 2.75) is 36.6 Å². The molecule has 24 heavy (non-hydrogen) atoms. The van der Waals surface area contributed by atoms with Crippen molar-refractivity contribution < 1.29 is 0 Å². The van der Waals surface area contributed by atoms with E-state index in [9.17, 15) is 5.26 Å². The van der Waals surface area contributed by atoms with Gasteiger partial charge in [-0.1, -0.05) is 37.7 Å². The molecule has 0 aromatic heterocycles. The van der Waals surface area contributed by atoms with Crippen molar-refractivity contribution in [2.75, 3.05) is 24.5 Å². The number of benzene rings is 2. The highest BCUT2D eigenvalue weighted by atomic mass is 32.2. The van der Waals surface area contributed by atoms with Crippen molar-refractivity contribution in [3.05, 3.63) is 48.0 Å². The lowest BCUT2D eigenvalue weighted by molar-refractivity contribution is 0.236. The smallest absolute Gasteiger partial charge is 0.0992 e. The Morgan fingerprint density at radius 3 is 2.50 bits per heavy atom. The lowest BCUT2D eigenvalue weighted by Gasteiger charge is -2.37. The van der Waals surface area contributed by atoms with Gasteiger partial charge in [0.2, 0.25) is 0 Å². The van der Waals surface area contributed by atoms with E-state index in [2.05, 4.69) is 67.0 Å². The van der Waals surface area contributed by atoms with Crippen LogP contribution in [0.5, 0.6) is 0 Å². The van der Waals surface area contributed by atoms with Crippen LogP contribution in [0.3, 0.4) is 0 Å². The molecule has 2 aromatic carbocycles. The normalized spacial score (nSPS) is 14.0. The first-order valence-electron chi connectivity index (χ1n) is 8.50. The third kappa shape index (κ3) is 3.15. The molecule has 0 saturated heterocycles. The third-order valence-electron chi connectivity index (χ3n) is 4.64. The van der Waals surface area contributed by atoms with Gasteiger partial charge in [0.05, 0.1) is 23.0 Å². The fourth-order valence-electron chi connectivity index (χ4n) is 3.32. The zero-order chi connectivity index (χ0) is 17.1. The van der Waals surface area contributed by atoms with Gasteiger partial charge in [-0.05, 0) is 50.3 Å². The molecule has 0 aliphatic carbocycles. The van der Waals surface area contributed by atoms with Gasteiger partial charge in [-0.3, -0.25) is 4.90 Å². The zero-order valence-electron chi connectivity index (χ0n) is 14.5. The van der Waals surface area contributed by atoms with Crippen molar-refractivity contribution in [1.29, 1.82) is 5.26 Å². The molecule has 0 N–H and O–H groups in total. The highest BCUT2D eigenvalue weighted by molar-refractivity contribution is 7.99. The second-order valence-corrected chi connectivity index (χ2v) is 7.13. The van der Waals surface area contributed by atoms with Gasteiger partial charge < -0.3 is 4.90 Å². The Kier molecular flexibility index (Phi) is 5.13. The minimum atomic E-state index is 0.440. The number of rotatable bonds is 5. The molecule has 0 amide bonds. The minimum Gasteiger partial charge on any atom is -0.338 e. The van der Waals surface area contributed by atoms with Crippen LogP contribution in [0.1, 0.15) is 26.3 Å². The Morgan fingerprint density at radius 2 is 1.79 bits per heavy atom. The van der Waals surface area contributed by atoms with Crippen molar-refractivity contribution >= 4 is 23.1 Å². The van der Waals surface area contributed by atoms with Crippen LogP contribution in [0.2, 0.25) is 0 Å². The summed E-state index contributed by atoms with van der Waals surface area (Å²) >= 11 is 1.79. The molecule has 1 unspecified atom stereocenters. The largest absolute Gasteiger partial charge is 0.338 e. The first-order valence-corrected chi connectivity index (χ1v) is 9.32. The quantitative estimate of drug-likeness (QED) is 0.777. The molecule has 0 bridgehead atoms. The summed E-state index contributed by atoms with van der Waals surface area (Å²) in [6, 6.07) is 17.3. The second kappa shape index (κ2) is 7.29. The molecule has 0 radical (unpaired) electrons. The van der Waals surface area contributed by atoms with Gasteiger partial charge in [0.15, 0.2) is 0 Å². The average Bonchev–Trinajstić information content (AvgIpc) is 2.62. The van der Waals surface area contributed by atoms with Gasteiger partial charge in [-0.2, -0.15) is 5.26 Å². The summed E-state index contributed by atoms with van der Waals surface area (Å²) in [5.74, 6) is 0. The van der Waals surface area contributed by atoms with Crippen LogP contribution in [0.4, 0.5) is 11.4 Å². The highest BCUT2D eigenvalue weighted by Gasteiger charge is 2.26. The van der Waals surface area contributed by atoms with Gasteiger partial charge in [0.1, 0.15) is 0 Å². The molecule has 1 heterocycles. The van der Waals surface area contributed by atoms with E-state index in [1.807, 2.05) is 12.1 Å². The molecule has 0 saturated carbocycles. The number of likely N-dealkylation sites (N-methyl/N-ethyl adjacent to an activating group) is 1. The van der Waals surface area contributed by atoms with Gasteiger partial charge in [-0.25, -0.2) is 0 Å². The van der Waals surface area contributed by atoms with E-state index in [1.165, 1.54) is 15.5 Å². The van der Waals surface area contributed by atoms with Crippen LogP contribution in [0.15, 0.2) is 52.3 Å². The summed E-state index contributed by atoms with van der Waals surface area (Å²) in [6.07, 6.45) is 0. The van der Waals surface area contributed by atoms with Crippen LogP contribution >= 0.6 is 11.8 Å². The number of fused-ring (bicyclic) bond motifs is 2. The van der Waals surface area contributed by atoms with Gasteiger partial charge in [-0.15, -0.1) is 0 Å². The standard InChI is InChI=1S/C20H23N3S/c1-4-22(5-2)15(3)14-23-17-8-6-7-9-19(17)24-20-11-10-16(13-21)12-18(20)23/h6-12,15H,4-5,14H2,1-3H3. The predicted molar refractivity (Wildman–Crippen MR) is 101 cm³/mol. The summed E-state index contributed by atoms with van der Waals surface area (Å²) in [5, 5.41) is 9.28. The average molecular weight is 337 g/mol. The zero-order valence-corrected chi connectivity index (χ0v) is 15.3. The van der Waals surface area contributed by atoms with E-state index in [1.54, 1.807) is 11.8 Å². The number of nitriles is 1. The van der Waals surface area contributed by atoms with Crippen LogP contribution in [0, 0.1) is 11.3 Å². The van der Waals surface area contributed by atoms with Crippen molar-refractivity contribution in [3.63, 3.8) is 0 Å². The monoisotopic (exact) mass is 337 g/mol. The highest BCUT2D eigenvalue weighted by Crippen LogP contribution is 2.48. The molecular weight excluding hydrogens is 314 g/mol. The molecule has 2 aromatic rings. The van der Waals surface area contributed by atoms with Crippen LogP contribution < -0.4 is 4.90 Å². The molecule has 4 heteroatoms. The van der Waals surface area contributed by atoms with E-state index in [-0.39, 0.29) is 0 Å². The maximum atomic E-state index is 9.28. The Labute approximate surface area is 148 Å². The molecule has 0 spiro atoms. The number of nitrogens with zero attached hydrogens (tertiary/aromatic N) is 3. The third-order valence-corrected chi connectivity index (χ3v) is 5.77. The molecule has 1 aliphatic rings. The number of hydrogen-bond acceptors (Lipinski definition) is 4. The van der Waals surface area contributed by atoms with Gasteiger partial charge in [0, 0.05) is 22.4 Å². The van der Waals surface area contributed by atoms with E-state index < -0.39 is 0 Å². The Balaban J connectivity index is 2.02. The van der Waals surface area contributed by atoms with E-state index in [0.29, 0.717) is 11.6 Å². The van der Waals surface area contributed by atoms with E-state index >= 15 is 0 Å². The van der Waals surface area contributed by atoms with Gasteiger partial charge in [0.25, 0.3) is 0 Å². The summed E-state index contributed by atoms with van der Waals surface area (Å²) in [5.41, 5.74) is 3.11. The Bertz CT molecular complexity index is 762. The fraction of sp³-hybridized carbons (Fsp3) is 0.350. The first kappa shape index (κ1) is 16.9. The maximum absolute atomic E-state index is 9.28. The maximum Gasteiger partial charge on any atom is 0.0992 e. The molecule has 3 rings (SSSR count). The van der Waals surface area contributed by atoms with Crippen LogP contribution in [0.25, 0.3) is 0 Å². The van der Waals surface area contributed by atoms with Crippen LogP contribution in [-0.2, 0) is 0 Å². The minimum absolute atomic E-state index is 0.440. The lowest BCUT2D eigenvalue weighted by atomic mass is 10.1. The van der Waals surface area contributed by atoms with Crippen molar-refractivity contribution in [3.8, 4) is 6.07 Å². The lowest BCUT2D eigenvalue weighted by Crippen LogP contribution is -2.41. The topological polar surface area (TPSA) is 30.3 Å². The SMILES string of the molecule is CCN(CC)C(C)CN1c2ccccc2Sc2ccc(C#N)cc21. The predicted octanol–water partition coefficient (Wildman–Crippen LogP) is 4.89. The number of anilines is 2. The summed E-state index contributed by atoms with van der Waals surface area (Å²) < 4.78 is 0. The van der Waals surface area contributed by atoms with Crippen molar-refractivity contribution in [1.82, 2.24) is 4.90 Å². The molecule has 1 atom stereocenters. The first-order chi connectivity index (χ1) is 11.7. The molecule has 0 fully saturated rings. The van der Waals surface area contributed by atoms with Crippen molar-refractivity contribution in [2.24, 2.45) is 0 Å². The molecule has 3 nitrogen and oxygen atoms in total. The van der Waals surface area contributed by atoms with E-state index in [0.717, 1.165) is 25.3 Å². The summed E-state index contributed by atoms with van der Waals surface area (Å²) in [4.78, 5) is 7.35.